The van der Waals surface area contributed by atoms with Crippen molar-refractivity contribution in [1.82, 2.24) is 0 Å². The summed E-state index contributed by atoms with van der Waals surface area (Å²) < 4.78 is 43.1. The molecule has 0 saturated heterocycles. The van der Waals surface area contributed by atoms with E-state index >= 15 is 0 Å². The molecule has 0 bridgehead atoms. The molecule has 0 aromatic heterocycles. The van der Waals surface area contributed by atoms with E-state index in [9.17, 15) is 13.2 Å². The Morgan fingerprint density at radius 1 is 1.47 bits per heavy atom. The Balaban J connectivity index is 3.40. The summed E-state index contributed by atoms with van der Waals surface area (Å²) in [7, 11) is 1.16. The predicted molar refractivity (Wildman–Crippen MR) is 60.0 cm³/mol. The molecule has 0 radical (unpaired) electrons. The standard InChI is InChI=1S/C10H10ClF3N2O/c1-17-7-4-2-3-6(16-8(15)5-11)9(7)10(12,13)14/h2-4H,5H2,1H3,(H2,15,16). The average Bonchev–Trinajstić information content (AvgIpc) is 2.26. The van der Waals surface area contributed by atoms with E-state index in [-0.39, 0.29) is 23.2 Å². The van der Waals surface area contributed by atoms with Gasteiger partial charge in [-0.15, -0.1) is 11.6 Å². The summed E-state index contributed by atoms with van der Waals surface area (Å²) in [5.41, 5.74) is 4.05. The molecule has 0 unspecified atom stereocenters. The SMILES string of the molecule is COc1cccc(N=C(N)CCl)c1C(F)(F)F. The molecule has 0 heterocycles. The molecule has 94 valence electrons. The molecular weight excluding hydrogens is 257 g/mol. The van der Waals surface area contributed by atoms with Gasteiger partial charge in [0, 0.05) is 0 Å². The summed E-state index contributed by atoms with van der Waals surface area (Å²) >= 11 is 5.37. The fraction of sp³-hybridized carbons (Fsp3) is 0.300. The maximum atomic E-state index is 12.8. The van der Waals surface area contributed by atoms with Gasteiger partial charge in [0.1, 0.15) is 17.1 Å². The normalized spacial score (nSPS) is 12.6. The highest BCUT2D eigenvalue weighted by Gasteiger charge is 2.37. The first-order valence-electron chi connectivity index (χ1n) is 4.53. The van der Waals surface area contributed by atoms with Crippen molar-refractivity contribution in [2.75, 3.05) is 13.0 Å². The van der Waals surface area contributed by atoms with Crippen LogP contribution in [0.5, 0.6) is 5.75 Å². The number of alkyl halides is 4. The van der Waals surface area contributed by atoms with E-state index in [4.69, 9.17) is 17.3 Å². The number of amidine groups is 1. The fourth-order valence-corrected chi connectivity index (χ4v) is 1.31. The van der Waals surface area contributed by atoms with Gasteiger partial charge in [0.2, 0.25) is 0 Å². The molecule has 0 saturated carbocycles. The zero-order chi connectivity index (χ0) is 13.1. The largest absolute Gasteiger partial charge is 0.496 e. The summed E-state index contributed by atoms with van der Waals surface area (Å²) in [5.74, 6) is -0.541. The third-order valence-corrected chi connectivity index (χ3v) is 2.18. The summed E-state index contributed by atoms with van der Waals surface area (Å²) in [6.45, 7) is 0. The quantitative estimate of drug-likeness (QED) is 0.519. The van der Waals surface area contributed by atoms with Crippen molar-refractivity contribution < 1.29 is 17.9 Å². The van der Waals surface area contributed by atoms with E-state index in [1.807, 2.05) is 0 Å². The highest BCUT2D eigenvalue weighted by molar-refractivity contribution is 6.28. The van der Waals surface area contributed by atoms with Gasteiger partial charge >= 0.3 is 6.18 Å². The smallest absolute Gasteiger partial charge is 0.422 e. The third kappa shape index (κ3) is 3.26. The average molecular weight is 267 g/mol. The van der Waals surface area contributed by atoms with Crippen LogP contribution in [0.4, 0.5) is 18.9 Å². The van der Waals surface area contributed by atoms with Crippen molar-refractivity contribution in [3.8, 4) is 5.75 Å². The van der Waals surface area contributed by atoms with Crippen LogP contribution in [0.25, 0.3) is 0 Å². The predicted octanol–water partition coefficient (Wildman–Crippen LogP) is 2.94. The van der Waals surface area contributed by atoms with Crippen LogP contribution in [-0.2, 0) is 6.18 Å². The van der Waals surface area contributed by atoms with Crippen molar-refractivity contribution in [1.29, 1.82) is 0 Å². The van der Waals surface area contributed by atoms with E-state index in [0.29, 0.717) is 0 Å². The number of hydrogen-bond acceptors (Lipinski definition) is 2. The van der Waals surface area contributed by atoms with Gasteiger partial charge in [-0.05, 0) is 12.1 Å². The third-order valence-electron chi connectivity index (χ3n) is 1.91. The first kappa shape index (κ1) is 13.6. The Labute approximate surface area is 101 Å². The molecule has 0 atom stereocenters. The fourth-order valence-electron chi connectivity index (χ4n) is 1.25. The lowest BCUT2D eigenvalue weighted by Crippen LogP contribution is -2.14. The molecule has 7 heteroatoms. The van der Waals surface area contributed by atoms with E-state index in [2.05, 4.69) is 9.73 Å². The number of benzene rings is 1. The molecule has 0 aliphatic rings. The number of methoxy groups -OCH3 is 1. The minimum atomic E-state index is -4.57. The molecule has 0 spiro atoms. The molecule has 1 rings (SSSR count). The lowest BCUT2D eigenvalue weighted by molar-refractivity contribution is -0.138. The second-order valence-corrected chi connectivity index (χ2v) is 3.36. The molecule has 0 aliphatic carbocycles. The van der Waals surface area contributed by atoms with E-state index in [0.717, 1.165) is 7.11 Å². The van der Waals surface area contributed by atoms with Crippen molar-refractivity contribution in [2.24, 2.45) is 10.7 Å². The number of hydrogen-bond donors (Lipinski definition) is 1. The molecule has 3 nitrogen and oxygen atoms in total. The summed E-state index contributed by atoms with van der Waals surface area (Å²) in [6.07, 6.45) is -4.57. The molecule has 17 heavy (non-hydrogen) atoms. The molecule has 0 aliphatic heterocycles. The van der Waals surface area contributed by atoms with Crippen LogP contribution in [0.3, 0.4) is 0 Å². The molecule has 1 aromatic carbocycles. The summed E-state index contributed by atoms with van der Waals surface area (Å²) in [6, 6.07) is 3.80. The van der Waals surface area contributed by atoms with Crippen LogP contribution in [0.2, 0.25) is 0 Å². The van der Waals surface area contributed by atoms with Gasteiger partial charge in [-0.3, -0.25) is 0 Å². The van der Waals surface area contributed by atoms with Gasteiger partial charge in [0.15, 0.2) is 0 Å². The van der Waals surface area contributed by atoms with Gasteiger partial charge in [0.25, 0.3) is 0 Å². The van der Waals surface area contributed by atoms with Gasteiger partial charge in [-0.2, -0.15) is 13.2 Å². The number of nitrogens with zero attached hydrogens (tertiary/aromatic N) is 1. The van der Waals surface area contributed by atoms with Crippen molar-refractivity contribution in [2.45, 2.75) is 6.18 Å². The summed E-state index contributed by atoms with van der Waals surface area (Å²) in [5, 5.41) is 0. The number of aliphatic imine (C=N–C) groups is 1. The van der Waals surface area contributed by atoms with Crippen LogP contribution < -0.4 is 10.5 Å². The van der Waals surface area contributed by atoms with Gasteiger partial charge in [-0.1, -0.05) is 6.07 Å². The molecule has 0 fully saturated rings. The van der Waals surface area contributed by atoms with E-state index < -0.39 is 11.7 Å². The Kier molecular flexibility index (Phi) is 4.22. The molecule has 0 amide bonds. The summed E-state index contributed by atoms with van der Waals surface area (Å²) in [4.78, 5) is 3.62. The maximum absolute atomic E-state index is 12.8. The lowest BCUT2D eigenvalue weighted by Gasteiger charge is -2.14. The van der Waals surface area contributed by atoms with Crippen LogP contribution in [-0.4, -0.2) is 18.8 Å². The number of rotatable bonds is 3. The second-order valence-electron chi connectivity index (χ2n) is 3.09. The zero-order valence-corrected chi connectivity index (χ0v) is 9.64. The second kappa shape index (κ2) is 5.27. The van der Waals surface area contributed by atoms with Gasteiger partial charge in [0.05, 0.1) is 18.7 Å². The van der Waals surface area contributed by atoms with Crippen LogP contribution >= 0.6 is 11.6 Å². The molecule has 2 N–H and O–H groups in total. The topological polar surface area (TPSA) is 47.6 Å². The van der Waals surface area contributed by atoms with Crippen molar-refractivity contribution >= 4 is 23.1 Å². The van der Waals surface area contributed by atoms with Crippen LogP contribution in [0, 0.1) is 0 Å². The Morgan fingerprint density at radius 3 is 2.59 bits per heavy atom. The minimum Gasteiger partial charge on any atom is -0.496 e. The van der Waals surface area contributed by atoms with Crippen molar-refractivity contribution in [3.63, 3.8) is 0 Å². The highest BCUT2D eigenvalue weighted by atomic mass is 35.5. The molecular formula is C10H10ClF3N2O. The first-order chi connectivity index (χ1) is 7.90. The monoisotopic (exact) mass is 266 g/mol. The minimum absolute atomic E-state index is 0.0922. The Morgan fingerprint density at radius 2 is 2.12 bits per heavy atom. The van der Waals surface area contributed by atoms with Gasteiger partial charge in [-0.25, -0.2) is 4.99 Å². The molecule has 1 aromatic rings. The van der Waals surface area contributed by atoms with Crippen molar-refractivity contribution in [3.05, 3.63) is 23.8 Å². The van der Waals surface area contributed by atoms with Gasteiger partial charge < -0.3 is 10.5 Å². The number of halogens is 4. The maximum Gasteiger partial charge on any atom is 0.422 e. The van der Waals surface area contributed by atoms with E-state index in [1.54, 1.807) is 0 Å². The highest BCUT2D eigenvalue weighted by Crippen LogP contribution is 2.42. The van der Waals surface area contributed by atoms with E-state index in [1.165, 1.54) is 18.2 Å². The number of ether oxygens (including phenoxy) is 1. The van der Waals surface area contributed by atoms with Crippen LogP contribution in [0.15, 0.2) is 23.2 Å². The lowest BCUT2D eigenvalue weighted by atomic mass is 10.1. The first-order valence-corrected chi connectivity index (χ1v) is 5.06. The number of nitrogens with two attached hydrogens (primary N) is 1. The Hall–Kier alpha value is -1.43. The van der Waals surface area contributed by atoms with Crippen LogP contribution in [0.1, 0.15) is 5.56 Å². The zero-order valence-electron chi connectivity index (χ0n) is 8.88. The Bertz CT molecular complexity index is 432.